The van der Waals surface area contributed by atoms with E-state index >= 15 is 0 Å². The Morgan fingerprint density at radius 3 is 2.29 bits per heavy atom. The Hall–Kier alpha value is -3.21. The molecule has 3 aromatic rings. The maximum atomic E-state index is 14.0. The first-order valence-corrected chi connectivity index (χ1v) is 13.6. The third-order valence-electron chi connectivity index (χ3n) is 6.02. The highest BCUT2D eigenvalue weighted by Gasteiger charge is 2.46. The van der Waals surface area contributed by atoms with Crippen LogP contribution in [0.1, 0.15) is 30.1 Å². The molecule has 1 saturated heterocycles. The van der Waals surface area contributed by atoms with Crippen LogP contribution in [0.5, 0.6) is 0 Å². The highest BCUT2D eigenvalue weighted by molar-refractivity contribution is 7.91. The van der Waals surface area contributed by atoms with Crippen LogP contribution in [-0.2, 0) is 20.8 Å². The quantitative estimate of drug-likeness (QED) is 0.430. The summed E-state index contributed by atoms with van der Waals surface area (Å²) in [5, 5.41) is 6.09. The second-order valence-corrected chi connectivity index (χ2v) is 11.7. The first-order chi connectivity index (χ1) is 17.7. The number of nitrogens with one attached hydrogen (secondary N) is 1. The summed E-state index contributed by atoms with van der Waals surface area (Å²) in [5.41, 5.74) is -1.90. The van der Waals surface area contributed by atoms with Gasteiger partial charge in [-0.05, 0) is 30.5 Å². The van der Waals surface area contributed by atoms with E-state index < -0.39 is 51.4 Å². The maximum Gasteiger partial charge on any atom is 0.435 e. The predicted octanol–water partition coefficient (Wildman–Crippen LogP) is 4.37. The van der Waals surface area contributed by atoms with Crippen molar-refractivity contribution in [2.75, 3.05) is 23.9 Å². The number of amides is 1. The SMILES string of the molecule is CN(C(=O)C1CCS(=O)(=O)CC1)C(c1ccc(Nc2cnn(-c3ncns3)c2C(F)(F)F)cc1)C(F)(F)F. The van der Waals surface area contributed by atoms with Crippen LogP contribution < -0.4 is 5.32 Å². The van der Waals surface area contributed by atoms with Crippen molar-refractivity contribution in [1.29, 1.82) is 0 Å². The van der Waals surface area contributed by atoms with E-state index in [-0.39, 0.29) is 40.7 Å². The number of hydrogen-bond acceptors (Lipinski definition) is 8. The summed E-state index contributed by atoms with van der Waals surface area (Å²) in [7, 11) is -2.32. The lowest BCUT2D eigenvalue weighted by Gasteiger charge is -2.34. The minimum absolute atomic E-state index is 0.0449. The zero-order valence-electron chi connectivity index (χ0n) is 19.5. The summed E-state index contributed by atoms with van der Waals surface area (Å²) >= 11 is 0.691. The predicted molar refractivity (Wildman–Crippen MR) is 125 cm³/mol. The molecule has 1 N–H and O–H groups in total. The number of rotatable bonds is 6. The largest absolute Gasteiger partial charge is 0.435 e. The normalized spacial score (nSPS) is 17.2. The van der Waals surface area contributed by atoms with Gasteiger partial charge in [-0.2, -0.15) is 40.5 Å². The summed E-state index contributed by atoms with van der Waals surface area (Å²) in [6, 6.07) is 2.08. The molecular formula is C21H20F6N6O3S2. The van der Waals surface area contributed by atoms with E-state index in [1.54, 1.807) is 0 Å². The summed E-state index contributed by atoms with van der Waals surface area (Å²) in [6.07, 6.45) is -7.85. The van der Waals surface area contributed by atoms with Gasteiger partial charge >= 0.3 is 12.4 Å². The van der Waals surface area contributed by atoms with Crippen LogP contribution in [0, 0.1) is 5.92 Å². The van der Waals surface area contributed by atoms with Gasteiger partial charge in [0.25, 0.3) is 0 Å². The molecule has 0 bridgehead atoms. The molecule has 1 aromatic carbocycles. The number of alkyl halides is 6. The average Bonchev–Trinajstić information content (AvgIpc) is 3.49. The lowest BCUT2D eigenvalue weighted by atomic mass is 9.98. The number of aromatic nitrogens is 4. The zero-order valence-corrected chi connectivity index (χ0v) is 21.1. The molecule has 1 aliphatic rings. The molecule has 0 saturated carbocycles. The molecule has 1 amide bonds. The molecule has 3 heterocycles. The van der Waals surface area contributed by atoms with E-state index in [2.05, 4.69) is 19.8 Å². The molecule has 38 heavy (non-hydrogen) atoms. The second kappa shape index (κ2) is 10.2. The molecule has 0 spiro atoms. The number of sulfone groups is 1. The van der Waals surface area contributed by atoms with Gasteiger partial charge in [-0.15, -0.1) is 0 Å². The number of carbonyl (C=O) groups is 1. The number of nitrogens with zero attached hydrogens (tertiary/aromatic N) is 5. The minimum Gasteiger partial charge on any atom is -0.352 e. The van der Waals surface area contributed by atoms with Gasteiger partial charge in [-0.25, -0.2) is 13.4 Å². The van der Waals surface area contributed by atoms with Gasteiger partial charge in [-0.3, -0.25) is 4.79 Å². The van der Waals surface area contributed by atoms with Crippen molar-refractivity contribution < 1.29 is 39.6 Å². The topological polar surface area (TPSA) is 110 Å². The van der Waals surface area contributed by atoms with Crippen LogP contribution in [-0.4, -0.2) is 63.1 Å². The van der Waals surface area contributed by atoms with Crippen LogP contribution in [0.25, 0.3) is 5.13 Å². The summed E-state index contributed by atoms with van der Waals surface area (Å²) in [5.74, 6) is -2.24. The molecule has 0 aliphatic carbocycles. The van der Waals surface area contributed by atoms with Crippen molar-refractivity contribution in [1.82, 2.24) is 24.0 Å². The van der Waals surface area contributed by atoms with Gasteiger partial charge in [0, 0.05) is 30.2 Å². The highest BCUT2D eigenvalue weighted by atomic mass is 32.2. The van der Waals surface area contributed by atoms with Crippen molar-refractivity contribution in [3.8, 4) is 5.13 Å². The van der Waals surface area contributed by atoms with E-state index in [1.807, 2.05) is 0 Å². The molecular weight excluding hydrogens is 562 g/mol. The van der Waals surface area contributed by atoms with Crippen LogP contribution in [0.2, 0.25) is 0 Å². The van der Waals surface area contributed by atoms with Gasteiger partial charge in [0.1, 0.15) is 16.2 Å². The Bertz CT molecular complexity index is 1370. The Kier molecular flexibility index (Phi) is 7.44. The van der Waals surface area contributed by atoms with E-state index in [1.165, 1.54) is 0 Å². The van der Waals surface area contributed by atoms with Gasteiger partial charge < -0.3 is 10.2 Å². The fourth-order valence-electron chi connectivity index (χ4n) is 4.21. The van der Waals surface area contributed by atoms with E-state index in [0.29, 0.717) is 21.1 Å². The van der Waals surface area contributed by atoms with Crippen molar-refractivity contribution in [2.45, 2.75) is 31.2 Å². The Morgan fingerprint density at radius 1 is 1.13 bits per heavy atom. The van der Waals surface area contributed by atoms with E-state index in [0.717, 1.165) is 43.8 Å². The second-order valence-electron chi connectivity index (χ2n) is 8.61. The van der Waals surface area contributed by atoms with Crippen molar-refractivity contribution in [3.63, 3.8) is 0 Å². The summed E-state index contributed by atoms with van der Waals surface area (Å²) < 4.78 is 111. The van der Waals surface area contributed by atoms with E-state index in [9.17, 15) is 39.6 Å². The summed E-state index contributed by atoms with van der Waals surface area (Å²) in [6.45, 7) is 0. The van der Waals surface area contributed by atoms with Gasteiger partial charge in [0.15, 0.2) is 11.7 Å². The van der Waals surface area contributed by atoms with Crippen LogP contribution in [0.15, 0.2) is 36.8 Å². The lowest BCUT2D eigenvalue weighted by molar-refractivity contribution is -0.190. The Balaban J connectivity index is 1.57. The molecule has 0 radical (unpaired) electrons. The zero-order chi connectivity index (χ0) is 27.9. The first kappa shape index (κ1) is 27.8. The molecule has 1 fully saturated rings. The molecule has 4 rings (SSSR count). The van der Waals surface area contributed by atoms with Gasteiger partial charge in [0.2, 0.25) is 11.0 Å². The monoisotopic (exact) mass is 582 g/mol. The van der Waals surface area contributed by atoms with Crippen molar-refractivity contribution in [2.24, 2.45) is 5.92 Å². The third kappa shape index (κ3) is 5.92. The number of anilines is 2. The lowest BCUT2D eigenvalue weighted by Crippen LogP contribution is -2.44. The Morgan fingerprint density at radius 2 is 1.76 bits per heavy atom. The number of benzene rings is 1. The standard InChI is InChI=1S/C21H20F6N6O3S2/c1-32(18(34)13-6-8-38(35,36)9-7-13)16(20(22,23)24)12-2-4-14(5-3-12)31-15-10-29-33(17(15)21(25,26)27)19-28-11-30-37-19/h2-5,10-11,13,16,31H,6-9H2,1H3. The smallest absolute Gasteiger partial charge is 0.352 e. The molecule has 1 aliphatic heterocycles. The maximum absolute atomic E-state index is 14.0. The van der Waals surface area contributed by atoms with Crippen molar-refractivity contribution >= 4 is 38.7 Å². The average molecular weight is 583 g/mol. The van der Waals surface area contributed by atoms with Gasteiger partial charge in [-0.1, -0.05) is 12.1 Å². The molecule has 1 unspecified atom stereocenters. The summed E-state index contributed by atoms with van der Waals surface area (Å²) in [4.78, 5) is 17.1. The van der Waals surface area contributed by atoms with Gasteiger partial charge in [0.05, 0.1) is 23.4 Å². The van der Waals surface area contributed by atoms with Crippen LogP contribution in [0.4, 0.5) is 37.7 Å². The molecule has 2 aromatic heterocycles. The highest BCUT2D eigenvalue weighted by Crippen LogP contribution is 2.40. The van der Waals surface area contributed by atoms with Crippen LogP contribution in [0.3, 0.4) is 0 Å². The minimum atomic E-state index is -4.87. The van der Waals surface area contributed by atoms with Crippen molar-refractivity contribution in [3.05, 3.63) is 48.0 Å². The number of halogens is 6. The number of carbonyl (C=O) groups excluding carboxylic acids is 1. The fraction of sp³-hybridized carbons (Fsp3) is 0.429. The molecule has 9 nitrogen and oxygen atoms in total. The third-order valence-corrected chi connectivity index (χ3v) is 8.38. The molecule has 206 valence electrons. The first-order valence-electron chi connectivity index (χ1n) is 11.0. The fourth-order valence-corrected chi connectivity index (χ4v) is 6.20. The van der Waals surface area contributed by atoms with Crippen LogP contribution >= 0.6 is 11.5 Å². The molecule has 1 atom stereocenters. The molecule has 17 heteroatoms. The Labute approximate surface area is 216 Å². The van der Waals surface area contributed by atoms with E-state index in [4.69, 9.17) is 0 Å². The number of hydrogen-bond donors (Lipinski definition) is 1.